The zero-order chi connectivity index (χ0) is 51.9. The molecule has 0 saturated heterocycles. The second-order valence-electron chi connectivity index (χ2n) is 21.9. The fourth-order valence-electron chi connectivity index (χ4n) is 14.9. The maximum absolute atomic E-state index is 2.62. The summed E-state index contributed by atoms with van der Waals surface area (Å²) in [6.07, 6.45) is 0. The molecule has 368 valence electrons. The molecule has 12 aromatic carbocycles. The summed E-state index contributed by atoms with van der Waals surface area (Å²) in [5.74, 6) is 0. The highest BCUT2D eigenvalue weighted by atomic mass is 32.1. The first-order chi connectivity index (χ1) is 39.7. The van der Waals surface area contributed by atoms with Crippen molar-refractivity contribution in [3.63, 3.8) is 0 Å². The maximum atomic E-state index is 2.62. The molecule has 0 unspecified atom stereocenters. The van der Waals surface area contributed by atoms with Crippen molar-refractivity contribution >= 4 is 173 Å². The van der Waals surface area contributed by atoms with Crippen LogP contribution in [0.2, 0.25) is 0 Å². The van der Waals surface area contributed by atoms with Gasteiger partial charge in [-0.2, -0.15) is 0 Å². The molecule has 4 aliphatic rings. The van der Waals surface area contributed by atoms with Crippen molar-refractivity contribution in [2.75, 3.05) is 14.7 Å². The summed E-state index contributed by atoms with van der Waals surface area (Å²) in [5, 5.41) is 7.85. The lowest BCUT2D eigenvalue weighted by Crippen LogP contribution is -2.61. The summed E-state index contributed by atoms with van der Waals surface area (Å²) in [4.78, 5) is 7.50. The maximum Gasteiger partial charge on any atom is 0.252 e. The van der Waals surface area contributed by atoms with Gasteiger partial charge in [-0.3, -0.25) is 0 Å². The number of aromatic nitrogens is 2. The Labute approximate surface area is 465 Å². The van der Waals surface area contributed by atoms with E-state index in [4.69, 9.17) is 0 Å². The molecule has 8 heteroatoms. The van der Waals surface area contributed by atoms with Crippen molar-refractivity contribution in [1.29, 1.82) is 0 Å². The van der Waals surface area contributed by atoms with E-state index in [2.05, 4.69) is 285 Å². The molecule has 0 spiro atoms. The molecule has 0 radical (unpaired) electrons. The molecule has 0 aliphatic carbocycles. The van der Waals surface area contributed by atoms with Crippen LogP contribution in [0.4, 0.5) is 51.2 Å². The first kappa shape index (κ1) is 43.0. The fourth-order valence-corrected chi connectivity index (χ4v) is 16.1. The average Bonchev–Trinajstić information content (AvgIpc) is 3.39. The van der Waals surface area contributed by atoms with Gasteiger partial charge in [0.2, 0.25) is 0 Å². The quantitative estimate of drug-likeness (QED) is 0.160. The van der Waals surface area contributed by atoms with Crippen LogP contribution in [-0.4, -0.2) is 22.6 Å². The predicted molar refractivity (Wildman–Crippen MR) is 341 cm³/mol. The molecule has 5 nitrogen and oxygen atoms in total. The van der Waals surface area contributed by atoms with Gasteiger partial charge >= 0.3 is 0 Å². The topological polar surface area (TPSA) is 19.6 Å². The molecule has 80 heavy (non-hydrogen) atoms. The van der Waals surface area contributed by atoms with E-state index in [0.29, 0.717) is 0 Å². The number of fused-ring (bicyclic) bond motifs is 19. The van der Waals surface area contributed by atoms with E-state index in [1.54, 1.807) is 0 Å². The van der Waals surface area contributed by atoms with Crippen molar-refractivity contribution < 1.29 is 0 Å². The van der Waals surface area contributed by atoms with Crippen LogP contribution < -0.4 is 47.5 Å². The van der Waals surface area contributed by atoms with Gasteiger partial charge in [0.25, 0.3) is 13.4 Å². The molecule has 15 aromatic rings. The Hall–Kier alpha value is -10.0. The standard InChI is InChI=1S/C72H43B2N5S/c1-5-21-44(22-6-1)75(45-23-7-2-8-24-45)48-37-65-69-66(38-48)77(47-27-11-4-12-28-47)63-42-67-51(40-57(63)73(69)55-31-15-19-35-61(55)76(65)46-25-9-3-10-26-46)52-41-58-64(43-68(52)80-67)79-60-34-18-14-30-50(60)54-39-53-49-29-13-17-33-59(49)78-62-36-20-16-32-56(62)74(58)70(71(53)78)72(54)79/h1-43H. The Balaban J connectivity index is 0.913. The van der Waals surface area contributed by atoms with Crippen LogP contribution in [0.1, 0.15) is 0 Å². The molecule has 19 rings (SSSR count). The third-order valence-corrected chi connectivity index (χ3v) is 19.1. The first-order valence-corrected chi connectivity index (χ1v) is 28.6. The molecule has 7 heterocycles. The summed E-state index contributed by atoms with van der Waals surface area (Å²) in [5.41, 5.74) is 26.0. The summed E-state index contributed by atoms with van der Waals surface area (Å²) < 4.78 is 7.76. The third-order valence-electron chi connectivity index (χ3n) is 18.0. The van der Waals surface area contributed by atoms with Gasteiger partial charge in [0.15, 0.2) is 0 Å². The Kier molecular flexibility index (Phi) is 8.51. The number of benzene rings is 12. The van der Waals surface area contributed by atoms with Gasteiger partial charge in [-0.05, 0) is 147 Å². The van der Waals surface area contributed by atoms with E-state index in [9.17, 15) is 0 Å². The van der Waals surface area contributed by atoms with Crippen LogP contribution in [-0.2, 0) is 0 Å². The molecule has 0 N–H and O–H groups in total. The van der Waals surface area contributed by atoms with E-state index < -0.39 is 0 Å². The van der Waals surface area contributed by atoms with Crippen LogP contribution in [0.5, 0.6) is 0 Å². The number of hydrogen-bond donors (Lipinski definition) is 0. The molecule has 4 aliphatic heterocycles. The largest absolute Gasteiger partial charge is 0.311 e. The normalized spacial score (nSPS) is 13.4. The Bertz CT molecular complexity index is 5130. The summed E-state index contributed by atoms with van der Waals surface area (Å²) in [6, 6.07) is 97.8. The van der Waals surface area contributed by atoms with Gasteiger partial charge in [-0.25, -0.2) is 0 Å². The van der Waals surface area contributed by atoms with E-state index in [1.165, 1.54) is 131 Å². The zero-order valence-corrected chi connectivity index (χ0v) is 43.9. The lowest BCUT2D eigenvalue weighted by molar-refractivity contribution is 1.17. The van der Waals surface area contributed by atoms with Crippen molar-refractivity contribution in [3.05, 3.63) is 261 Å². The number of thiophene rings is 1. The zero-order valence-electron chi connectivity index (χ0n) is 43.1. The molecule has 0 amide bonds. The van der Waals surface area contributed by atoms with Gasteiger partial charge in [0, 0.05) is 87.8 Å². The van der Waals surface area contributed by atoms with Gasteiger partial charge in [-0.1, -0.05) is 158 Å². The summed E-state index contributed by atoms with van der Waals surface area (Å²) in [6.45, 7) is -0.0263. The van der Waals surface area contributed by atoms with Crippen LogP contribution in [0.15, 0.2) is 261 Å². The number of anilines is 9. The number of hydrogen-bond acceptors (Lipinski definition) is 4. The summed E-state index contributed by atoms with van der Waals surface area (Å²) >= 11 is 1.93. The van der Waals surface area contributed by atoms with Gasteiger partial charge < -0.3 is 23.8 Å². The highest BCUT2D eigenvalue weighted by Crippen LogP contribution is 2.50. The second-order valence-corrected chi connectivity index (χ2v) is 23.0. The van der Waals surface area contributed by atoms with Crippen molar-refractivity contribution in [2.24, 2.45) is 0 Å². The minimum Gasteiger partial charge on any atom is -0.311 e. The predicted octanol–water partition coefficient (Wildman–Crippen LogP) is 14.9. The first-order valence-electron chi connectivity index (χ1n) is 27.7. The van der Waals surface area contributed by atoms with Gasteiger partial charge in [0.1, 0.15) is 0 Å². The minimum absolute atomic E-state index is 0.0377. The van der Waals surface area contributed by atoms with Crippen LogP contribution in [0.3, 0.4) is 0 Å². The SMILES string of the molecule is c1ccc(N(c2ccccc2)c2cc3c4c(c2)N(c2ccccc2)c2cc5sc6cc7c(cc6c5cc2B4c2ccccc2N3c2ccccc2)B2c3ccccc3-n3c4ccccc4c4cc5c6ccccc6n-7c5c2c43)cc1. The highest BCUT2D eigenvalue weighted by Gasteiger charge is 2.45. The Morgan fingerprint density at radius 2 is 0.725 bits per heavy atom. The molecular formula is C72H43B2N5S. The molecule has 0 bridgehead atoms. The van der Waals surface area contributed by atoms with Crippen molar-refractivity contribution in [2.45, 2.75) is 0 Å². The van der Waals surface area contributed by atoms with Gasteiger partial charge in [0.05, 0.1) is 27.8 Å². The number of nitrogens with zero attached hydrogens (tertiary/aromatic N) is 5. The van der Waals surface area contributed by atoms with Crippen molar-refractivity contribution in [1.82, 2.24) is 9.13 Å². The lowest BCUT2D eigenvalue weighted by Gasteiger charge is -2.45. The smallest absolute Gasteiger partial charge is 0.252 e. The lowest BCUT2D eigenvalue weighted by atomic mass is 9.33. The molecule has 3 aromatic heterocycles. The summed E-state index contributed by atoms with van der Waals surface area (Å²) in [7, 11) is 0. The Morgan fingerprint density at radius 3 is 1.31 bits per heavy atom. The number of rotatable bonds is 5. The fraction of sp³-hybridized carbons (Fsp3) is 0. The van der Waals surface area contributed by atoms with Gasteiger partial charge in [-0.15, -0.1) is 11.3 Å². The molecular weight excluding hydrogens is 989 g/mol. The van der Waals surface area contributed by atoms with Crippen LogP contribution in [0.25, 0.3) is 75.2 Å². The minimum atomic E-state index is -0.0640. The Morgan fingerprint density at radius 1 is 0.287 bits per heavy atom. The second kappa shape index (κ2) is 15.8. The van der Waals surface area contributed by atoms with E-state index in [0.717, 1.165) is 28.4 Å². The molecule has 0 saturated carbocycles. The van der Waals surface area contributed by atoms with Crippen LogP contribution >= 0.6 is 11.3 Å². The van der Waals surface area contributed by atoms with E-state index in [-0.39, 0.29) is 13.4 Å². The average molecular weight is 1030 g/mol. The number of para-hydroxylation sites is 8. The molecule has 0 atom stereocenters. The highest BCUT2D eigenvalue weighted by molar-refractivity contribution is 7.26. The monoisotopic (exact) mass is 1030 g/mol. The third kappa shape index (κ3) is 5.57. The van der Waals surface area contributed by atoms with E-state index in [1.807, 2.05) is 11.3 Å². The van der Waals surface area contributed by atoms with Crippen LogP contribution in [0, 0.1) is 0 Å². The van der Waals surface area contributed by atoms with Crippen molar-refractivity contribution in [3.8, 4) is 11.4 Å². The molecule has 0 fully saturated rings. The van der Waals surface area contributed by atoms with E-state index >= 15 is 0 Å².